The molecule has 0 aliphatic carbocycles. The molecule has 1 unspecified atom stereocenters. The summed E-state index contributed by atoms with van der Waals surface area (Å²) in [5, 5.41) is 9.30. The summed E-state index contributed by atoms with van der Waals surface area (Å²) in [4.78, 5) is 19.9. The van der Waals surface area contributed by atoms with Gasteiger partial charge in [0.2, 0.25) is 0 Å². The Labute approximate surface area is 89.1 Å². The summed E-state index contributed by atoms with van der Waals surface area (Å²) in [6, 6.07) is 0. The van der Waals surface area contributed by atoms with Gasteiger partial charge >= 0.3 is 5.97 Å². The van der Waals surface area contributed by atoms with E-state index < -0.39 is 11.5 Å². The van der Waals surface area contributed by atoms with E-state index in [4.69, 9.17) is 0 Å². The van der Waals surface area contributed by atoms with Gasteiger partial charge in [0.15, 0.2) is 0 Å². The Morgan fingerprint density at radius 2 is 2.27 bits per heavy atom. The van der Waals surface area contributed by atoms with Crippen molar-refractivity contribution >= 4 is 5.97 Å². The molecule has 5 nitrogen and oxygen atoms in total. The van der Waals surface area contributed by atoms with Crippen LogP contribution in [0.15, 0.2) is 12.5 Å². The number of aromatic nitrogens is 2. The zero-order valence-electron chi connectivity index (χ0n) is 9.48. The van der Waals surface area contributed by atoms with E-state index in [-0.39, 0.29) is 5.92 Å². The zero-order valence-corrected chi connectivity index (χ0v) is 9.48. The average molecular weight is 211 g/mol. The van der Waals surface area contributed by atoms with Gasteiger partial charge in [0.05, 0.1) is 6.33 Å². The Bertz CT molecular complexity index is 334. The van der Waals surface area contributed by atoms with Crippen LogP contribution in [0.2, 0.25) is 0 Å². The van der Waals surface area contributed by atoms with Gasteiger partial charge in [-0.05, 0) is 21.0 Å². The lowest BCUT2D eigenvalue weighted by Crippen LogP contribution is -2.52. The molecule has 0 radical (unpaired) electrons. The number of imidazole rings is 1. The first-order valence-electron chi connectivity index (χ1n) is 4.79. The Morgan fingerprint density at radius 1 is 1.67 bits per heavy atom. The van der Waals surface area contributed by atoms with Crippen molar-refractivity contribution in [3.63, 3.8) is 0 Å². The first-order valence-corrected chi connectivity index (χ1v) is 4.79. The van der Waals surface area contributed by atoms with Crippen LogP contribution in [0.5, 0.6) is 0 Å². The van der Waals surface area contributed by atoms with E-state index in [0.717, 1.165) is 5.69 Å². The van der Waals surface area contributed by atoms with E-state index in [2.05, 4.69) is 9.97 Å². The summed E-state index contributed by atoms with van der Waals surface area (Å²) < 4.78 is 0. The van der Waals surface area contributed by atoms with Crippen LogP contribution in [-0.2, 0) is 4.79 Å². The van der Waals surface area contributed by atoms with Crippen molar-refractivity contribution in [1.29, 1.82) is 0 Å². The number of carboxylic acid groups (broad SMARTS) is 1. The number of nitrogens with one attached hydrogen (secondary N) is 1. The van der Waals surface area contributed by atoms with Gasteiger partial charge in [0.1, 0.15) is 5.54 Å². The monoisotopic (exact) mass is 211 g/mol. The topological polar surface area (TPSA) is 69.2 Å². The summed E-state index contributed by atoms with van der Waals surface area (Å²) in [7, 11) is 3.53. The van der Waals surface area contributed by atoms with Crippen molar-refractivity contribution in [3.05, 3.63) is 18.2 Å². The van der Waals surface area contributed by atoms with Crippen molar-refractivity contribution in [2.24, 2.45) is 0 Å². The molecule has 1 rings (SSSR count). The number of aliphatic carboxylic acids is 1. The first kappa shape index (κ1) is 11.7. The van der Waals surface area contributed by atoms with Crippen molar-refractivity contribution in [2.45, 2.75) is 25.3 Å². The highest BCUT2D eigenvalue weighted by molar-refractivity contribution is 5.79. The predicted molar refractivity (Wildman–Crippen MR) is 56.7 cm³/mol. The summed E-state index contributed by atoms with van der Waals surface area (Å²) in [5.41, 5.74) is -0.111. The number of rotatable bonds is 4. The standard InChI is InChI=1S/C10H17N3O2/c1-7(8-5-11-6-12-8)10(2,9(14)15)13(3)4/h5-7H,1-4H3,(H,11,12)(H,14,15)/t7?,10-/m0/s1. The zero-order chi connectivity index (χ0) is 11.6. The maximum Gasteiger partial charge on any atom is 0.324 e. The Balaban J connectivity index is 3.06. The molecule has 0 saturated carbocycles. The minimum atomic E-state index is -0.938. The van der Waals surface area contributed by atoms with Crippen LogP contribution in [0.3, 0.4) is 0 Å². The molecule has 0 amide bonds. The molecule has 5 heteroatoms. The lowest BCUT2D eigenvalue weighted by atomic mass is 9.84. The summed E-state index contributed by atoms with van der Waals surface area (Å²) in [5.74, 6) is -0.998. The number of aromatic amines is 1. The molecule has 0 spiro atoms. The van der Waals surface area contributed by atoms with E-state index >= 15 is 0 Å². The average Bonchev–Trinajstić information content (AvgIpc) is 2.67. The largest absolute Gasteiger partial charge is 0.480 e. The fraction of sp³-hybridized carbons (Fsp3) is 0.600. The van der Waals surface area contributed by atoms with Crippen LogP contribution in [-0.4, -0.2) is 45.6 Å². The SMILES string of the molecule is CC(c1cnc[nH]1)[C@@](C)(C(=O)O)N(C)C. The molecule has 0 aromatic carbocycles. The number of hydrogen-bond acceptors (Lipinski definition) is 3. The first-order chi connectivity index (χ1) is 6.90. The fourth-order valence-electron chi connectivity index (χ4n) is 1.57. The second kappa shape index (κ2) is 4.02. The van der Waals surface area contributed by atoms with E-state index in [9.17, 15) is 9.90 Å². The summed E-state index contributed by atoms with van der Waals surface area (Å²) in [6.07, 6.45) is 3.22. The molecular weight excluding hydrogens is 194 g/mol. The highest BCUT2D eigenvalue weighted by Gasteiger charge is 2.42. The number of nitrogens with zero attached hydrogens (tertiary/aromatic N) is 2. The maximum absolute atomic E-state index is 11.3. The van der Waals surface area contributed by atoms with Crippen molar-refractivity contribution in [2.75, 3.05) is 14.1 Å². The van der Waals surface area contributed by atoms with Gasteiger partial charge < -0.3 is 10.1 Å². The second-order valence-corrected chi connectivity index (χ2v) is 4.08. The molecule has 0 aliphatic heterocycles. The molecule has 15 heavy (non-hydrogen) atoms. The van der Waals surface area contributed by atoms with Crippen LogP contribution in [0.4, 0.5) is 0 Å². The Kier molecular flexibility index (Phi) is 3.14. The molecule has 1 aromatic rings. The summed E-state index contributed by atoms with van der Waals surface area (Å²) in [6.45, 7) is 3.59. The lowest BCUT2D eigenvalue weighted by molar-refractivity contribution is -0.150. The number of likely N-dealkylation sites (N-methyl/N-ethyl adjacent to an activating group) is 1. The van der Waals surface area contributed by atoms with E-state index in [1.807, 2.05) is 6.92 Å². The van der Waals surface area contributed by atoms with Crippen LogP contribution >= 0.6 is 0 Å². The van der Waals surface area contributed by atoms with Gasteiger partial charge in [-0.3, -0.25) is 9.69 Å². The maximum atomic E-state index is 11.3. The van der Waals surface area contributed by atoms with Crippen LogP contribution < -0.4 is 0 Å². The number of carbonyl (C=O) groups is 1. The second-order valence-electron chi connectivity index (χ2n) is 4.08. The van der Waals surface area contributed by atoms with Gasteiger partial charge in [-0.2, -0.15) is 0 Å². The fourth-order valence-corrected chi connectivity index (χ4v) is 1.57. The molecule has 0 aliphatic rings. The highest BCUT2D eigenvalue weighted by atomic mass is 16.4. The molecule has 2 atom stereocenters. The molecule has 0 fully saturated rings. The van der Waals surface area contributed by atoms with Gasteiger partial charge in [0.25, 0.3) is 0 Å². The third-order valence-corrected chi connectivity index (χ3v) is 3.19. The molecular formula is C10H17N3O2. The van der Waals surface area contributed by atoms with Gasteiger partial charge in [-0.1, -0.05) is 6.92 Å². The minimum Gasteiger partial charge on any atom is -0.480 e. The van der Waals surface area contributed by atoms with E-state index in [1.165, 1.54) is 0 Å². The van der Waals surface area contributed by atoms with Gasteiger partial charge in [0, 0.05) is 17.8 Å². The van der Waals surface area contributed by atoms with Crippen LogP contribution in [0.25, 0.3) is 0 Å². The third kappa shape index (κ3) is 1.87. The molecule has 84 valence electrons. The number of hydrogen-bond donors (Lipinski definition) is 2. The predicted octanol–water partition coefficient (Wildman–Crippen LogP) is 0.918. The normalized spacial score (nSPS) is 17.4. The third-order valence-electron chi connectivity index (χ3n) is 3.19. The lowest BCUT2D eigenvalue weighted by Gasteiger charge is -2.36. The van der Waals surface area contributed by atoms with Crippen molar-refractivity contribution in [1.82, 2.24) is 14.9 Å². The summed E-state index contributed by atoms with van der Waals surface area (Å²) >= 11 is 0. The van der Waals surface area contributed by atoms with Gasteiger partial charge in [-0.15, -0.1) is 0 Å². The van der Waals surface area contributed by atoms with Crippen LogP contribution in [0, 0.1) is 0 Å². The van der Waals surface area contributed by atoms with E-state index in [0.29, 0.717) is 0 Å². The van der Waals surface area contributed by atoms with Crippen molar-refractivity contribution in [3.8, 4) is 0 Å². The quantitative estimate of drug-likeness (QED) is 0.777. The number of carboxylic acids is 1. The smallest absolute Gasteiger partial charge is 0.324 e. The molecule has 1 heterocycles. The molecule has 2 N–H and O–H groups in total. The molecule has 1 aromatic heterocycles. The van der Waals surface area contributed by atoms with E-state index in [1.54, 1.807) is 38.4 Å². The highest BCUT2D eigenvalue weighted by Crippen LogP contribution is 2.30. The van der Waals surface area contributed by atoms with Gasteiger partial charge in [-0.25, -0.2) is 4.98 Å². The molecule has 0 saturated heterocycles. The minimum absolute atomic E-state index is 0.160. The van der Waals surface area contributed by atoms with Crippen molar-refractivity contribution < 1.29 is 9.90 Å². The molecule has 0 bridgehead atoms. The Morgan fingerprint density at radius 3 is 2.60 bits per heavy atom. The number of H-pyrrole nitrogens is 1. The Hall–Kier alpha value is -1.36. The van der Waals surface area contributed by atoms with Crippen LogP contribution in [0.1, 0.15) is 25.5 Å².